The molecule has 0 bridgehead atoms. The number of hydrogen-bond acceptors (Lipinski definition) is 4. The van der Waals surface area contributed by atoms with Gasteiger partial charge < -0.3 is 9.72 Å². The van der Waals surface area contributed by atoms with Crippen LogP contribution in [0.15, 0.2) is 47.3 Å². The zero-order valence-electron chi connectivity index (χ0n) is 11.0. The Labute approximate surface area is 115 Å². The number of aromatic nitrogens is 3. The van der Waals surface area contributed by atoms with Gasteiger partial charge in [0.25, 0.3) is 5.56 Å². The molecule has 0 saturated carbocycles. The SMILES string of the molecule is COCc1cc(=O)[nH]c(-c2ccc3ccccc3n2)n1. The van der Waals surface area contributed by atoms with E-state index in [1.807, 2.05) is 36.4 Å². The summed E-state index contributed by atoms with van der Waals surface area (Å²) in [4.78, 5) is 23.2. The fraction of sp³-hybridized carbons (Fsp3) is 0.133. The maximum Gasteiger partial charge on any atom is 0.251 e. The van der Waals surface area contributed by atoms with Crippen molar-refractivity contribution in [1.82, 2.24) is 15.0 Å². The van der Waals surface area contributed by atoms with Gasteiger partial charge in [-0.2, -0.15) is 0 Å². The van der Waals surface area contributed by atoms with Crippen molar-refractivity contribution in [2.24, 2.45) is 0 Å². The summed E-state index contributed by atoms with van der Waals surface area (Å²) in [6.45, 7) is 0.296. The number of para-hydroxylation sites is 1. The summed E-state index contributed by atoms with van der Waals surface area (Å²) in [5.74, 6) is 0.454. The fourth-order valence-corrected chi connectivity index (χ4v) is 2.05. The summed E-state index contributed by atoms with van der Waals surface area (Å²) in [5, 5.41) is 1.05. The van der Waals surface area contributed by atoms with Crippen molar-refractivity contribution in [2.75, 3.05) is 7.11 Å². The fourth-order valence-electron chi connectivity index (χ4n) is 2.05. The molecule has 1 N–H and O–H groups in total. The highest BCUT2D eigenvalue weighted by Gasteiger charge is 2.06. The average Bonchev–Trinajstić information content (AvgIpc) is 2.46. The predicted molar refractivity (Wildman–Crippen MR) is 76.3 cm³/mol. The molecule has 5 heteroatoms. The molecule has 0 fully saturated rings. The van der Waals surface area contributed by atoms with Crippen molar-refractivity contribution >= 4 is 10.9 Å². The van der Waals surface area contributed by atoms with Gasteiger partial charge in [-0.25, -0.2) is 9.97 Å². The molecule has 1 aromatic carbocycles. The van der Waals surface area contributed by atoms with Crippen molar-refractivity contribution in [3.8, 4) is 11.5 Å². The number of rotatable bonds is 3. The van der Waals surface area contributed by atoms with Crippen LogP contribution in [0.3, 0.4) is 0 Å². The Balaban J connectivity index is 2.12. The summed E-state index contributed by atoms with van der Waals surface area (Å²) >= 11 is 0. The molecule has 0 saturated heterocycles. The molecule has 3 rings (SSSR count). The minimum absolute atomic E-state index is 0.211. The third kappa shape index (κ3) is 2.44. The molecule has 2 aromatic heterocycles. The first kappa shape index (κ1) is 12.5. The number of H-pyrrole nitrogens is 1. The highest BCUT2D eigenvalue weighted by molar-refractivity contribution is 5.80. The van der Waals surface area contributed by atoms with Gasteiger partial charge in [0.1, 0.15) is 5.69 Å². The van der Waals surface area contributed by atoms with Crippen LogP contribution in [0.1, 0.15) is 5.69 Å². The molecule has 5 nitrogen and oxygen atoms in total. The minimum Gasteiger partial charge on any atom is -0.378 e. The largest absolute Gasteiger partial charge is 0.378 e. The van der Waals surface area contributed by atoms with Crippen LogP contribution in [-0.2, 0) is 11.3 Å². The van der Waals surface area contributed by atoms with Gasteiger partial charge >= 0.3 is 0 Å². The lowest BCUT2D eigenvalue weighted by Crippen LogP contribution is -2.11. The highest BCUT2D eigenvalue weighted by Crippen LogP contribution is 2.17. The number of benzene rings is 1. The normalized spacial score (nSPS) is 10.8. The number of methoxy groups -OCH3 is 1. The molecule has 0 amide bonds. The van der Waals surface area contributed by atoms with Gasteiger partial charge in [-0.1, -0.05) is 24.3 Å². The Morgan fingerprint density at radius 2 is 2.00 bits per heavy atom. The third-order valence-corrected chi connectivity index (χ3v) is 2.93. The second kappa shape index (κ2) is 5.22. The highest BCUT2D eigenvalue weighted by atomic mass is 16.5. The summed E-state index contributed by atoms with van der Waals surface area (Å²) in [6.07, 6.45) is 0. The second-order valence-corrected chi connectivity index (χ2v) is 4.41. The van der Waals surface area contributed by atoms with Crippen LogP contribution in [0.2, 0.25) is 0 Å². The zero-order chi connectivity index (χ0) is 13.9. The first-order chi connectivity index (χ1) is 9.76. The number of pyridine rings is 1. The van der Waals surface area contributed by atoms with Crippen molar-refractivity contribution in [3.63, 3.8) is 0 Å². The first-order valence-corrected chi connectivity index (χ1v) is 6.21. The van der Waals surface area contributed by atoms with Crippen LogP contribution in [0, 0.1) is 0 Å². The molecule has 0 aliphatic rings. The van der Waals surface area contributed by atoms with Gasteiger partial charge in [0.05, 0.1) is 17.8 Å². The van der Waals surface area contributed by atoms with E-state index in [9.17, 15) is 4.79 Å². The molecule has 2 heterocycles. The van der Waals surface area contributed by atoms with Gasteiger partial charge in [0, 0.05) is 18.6 Å². The number of nitrogens with zero attached hydrogens (tertiary/aromatic N) is 2. The van der Waals surface area contributed by atoms with Crippen LogP contribution in [0.4, 0.5) is 0 Å². The number of hydrogen-bond donors (Lipinski definition) is 1. The molecule has 0 unspecified atom stereocenters. The second-order valence-electron chi connectivity index (χ2n) is 4.41. The lowest BCUT2D eigenvalue weighted by Gasteiger charge is -2.04. The van der Waals surface area contributed by atoms with E-state index in [4.69, 9.17) is 4.74 Å². The van der Waals surface area contributed by atoms with Crippen LogP contribution >= 0.6 is 0 Å². The summed E-state index contributed by atoms with van der Waals surface area (Å²) in [6, 6.07) is 13.0. The third-order valence-electron chi connectivity index (χ3n) is 2.93. The number of fused-ring (bicyclic) bond motifs is 1. The monoisotopic (exact) mass is 267 g/mol. The smallest absolute Gasteiger partial charge is 0.251 e. The van der Waals surface area contributed by atoms with Gasteiger partial charge in [0.2, 0.25) is 0 Å². The van der Waals surface area contributed by atoms with Crippen LogP contribution in [0.25, 0.3) is 22.4 Å². The quantitative estimate of drug-likeness (QED) is 0.789. The van der Waals surface area contributed by atoms with E-state index in [1.54, 1.807) is 7.11 Å². The Morgan fingerprint density at radius 3 is 2.85 bits per heavy atom. The Morgan fingerprint density at radius 1 is 1.15 bits per heavy atom. The van der Waals surface area contributed by atoms with E-state index in [0.717, 1.165) is 10.9 Å². The van der Waals surface area contributed by atoms with E-state index in [1.165, 1.54) is 6.07 Å². The Hall–Kier alpha value is -2.53. The lowest BCUT2D eigenvalue weighted by atomic mass is 10.2. The molecule has 0 spiro atoms. The molecule has 0 atom stereocenters. The van der Waals surface area contributed by atoms with Crippen LogP contribution in [0.5, 0.6) is 0 Å². The van der Waals surface area contributed by atoms with E-state index in [-0.39, 0.29) is 5.56 Å². The van der Waals surface area contributed by atoms with Crippen LogP contribution < -0.4 is 5.56 Å². The molecule has 100 valence electrons. The molecule has 0 aliphatic heterocycles. The predicted octanol–water partition coefficient (Wildman–Crippen LogP) is 2.13. The van der Waals surface area contributed by atoms with E-state index < -0.39 is 0 Å². The lowest BCUT2D eigenvalue weighted by molar-refractivity contribution is 0.181. The molecule has 20 heavy (non-hydrogen) atoms. The summed E-state index contributed by atoms with van der Waals surface area (Å²) in [5.41, 5.74) is 1.88. The van der Waals surface area contributed by atoms with Crippen molar-refractivity contribution in [3.05, 3.63) is 58.5 Å². The number of nitrogens with one attached hydrogen (secondary N) is 1. The van der Waals surface area contributed by atoms with Gasteiger partial charge in [-0.3, -0.25) is 4.79 Å². The van der Waals surface area contributed by atoms with Crippen molar-refractivity contribution in [1.29, 1.82) is 0 Å². The molecule has 0 radical (unpaired) electrons. The standard InChI is InChI=1S/C15H13N3O2/c1-20-9-11-8-14(19)18-15(16-11)13-7-6-10-4-2-3-5-12(10)17-13/h2-8H,9H2,1H3,(H,16,18,19). The topological polar surface area (TPSA) is 67.9 Å². The molecular weight excluding hydrogens is 254 g/mol. The van der Waals surface area contributed by atoms with E-state index >= 15 is 0 Å². The maximum atomic E-state index is 11.6. The molecule has 0 aliphatic carbocycles. The minimum atomic E-state index is -0.211. The van der Waals surface area contributed by atoms with E-state index in [0.29, 0.717) is 23.8 Å². The van der Waals surface area contributed by atoms with E-state index in [2.05, 4.69) is 15.0 Å². The first-order valence-electron chi connectivity index (χ1n) is 6.21. The van der Waals surface area contributed by atoms with Crippen LogP contribution in [-0.4, -0.2) is 22.1 Å². The van der Waals surface area contributed by atoms with Gasteiger partial charge in [-0.15, -0.1) is 0 Å². The zero-order valence-corrected chi connectivity index (χ0v) is 11.0. The number of aromatic amines is 1. The van der Waals surface area contributed by atoms with Gasteiger partial charge in [-0.05, 0) is 12.1 Å². The molecule has 3 aromatic rings. The van der Waals surface area contributed by atoms with Crippen molar-refractivity contribution in [2.45, 2.75) is 6.61 Å². The average molecular weight is 267 g/mol. The van der Waals surface area contributed by atoms with Crippen molar-refractivity contribution < 1.29 is 4.74 Å². The number of ether oxygens (including phenoxy) is 1. The maximum absolute atomic E-state index is 11.6. The van der Waals surface area contributed by atoms with Gasteiger partial charge in [0.15, 0.2) is 5.82 Å². The Bertz CT molecular complexity index is 811. The molecular formula is C15H13N3O2. The summed E-state index contributed by atoms with van der Waals surface area (Å²) < 4.78 is 5.01. The summed E-state index contributed by atoms with van der Waals surface area (Å²) in [7, 11) is 1.57. The Kier molecular flexibility index (Phi) is 3.26.